The highest BCUT2D eigenvalue weighted by Crippen LogP contribution is 2.35. The van der Waals surface area contributed by atoms with Crippen LogP contribution in [-0.2, 0) is 0 Å². The minimum atomic E-state index is -0.908. The number of hydrogen-bond acceptors (Lipinski definition) is 6. The smallest absolute Gasteiger partial charge is 0.287 e. The van der Waals surface area contributed by atoms with E-state index in [1.807, 2.05) is 0 Å². The maximum Gasteiger partial charge on any atom is 0.287 e. The van der Waals surface area contributed by atoms with Crippen LogP contribution in [0.2, 0.25) is 5.02 Å². The second-order valence-corrected chi connectivity index (χ2v) is 6.27. The van der Waals surface area contributed by atoms with Gasteiger partial charge in [-0.25, -0.2) is 0 Å². The molecule has 1 aliphatic rings. The third kappa shape index (κ3) is 2.90. The zero-order valence-electron chi connectivity index (χ0n) is 13.6. The number of halogens is 1. The zero-order chi connectivity index (χ0) is 19.1. The van der Waals surface area contributed by atoms with Gasteiger partial charge >= 0.3 is 0 Å². The van der Waals surface area contributed by atoms with E-state index >= 15 is 0 Å². The summed E-state index contributed by atoms with van der Waals surface area (Å²) in [7, 11) is 0. The van der Waals surface area contributed by atoms with E-state index < -0.39 is 17.0 Å². The van der Waals surface area contributed by atoms with Crippen molar-refractivity contribution >= 4 is 28.9 Å². The van der Waals surface area contributed by atoms with E-state index in [1.165, 1.54) is 18.2 Å². The third-order valence-corrected chi connectivity index (χ3v) is 4.53. The number of anilines is 1. The summed E-state index contributed by atoms with van der Waals surface area (Å²) in [6.07, 6.45) is -0.908. The van der Waals surface area contributed by atoms with E-state index in [-0.39, 0.29) is 10.7 Å². The number of amides is 1. The lowest BCUT2D eigenvalue weighted by molar-refractivity contribution is -0.384. The number of carbonyl (C=O) groups is 1. The van der Waals surface area contributed by atoms with Crippen LogP contribution in [0.25, 0.3) is 11.3 Å². The Kier molecular flexibility index (Phi) is 4.06. The number of carbonyl (C=O) groups excluding carboxylic acids is 1. The van der Waals surface area contributed by atoms with Crippen molar-refractivity contribution in [3.8, 4) is 11.3 Å². The van der Waals surface area contributed by atoms with Crippen molar-refractivity contribution < 1.29 is 19.3 Å². The number of furan rings is 1. The summed E-state index contributed by atoms with van der Waals surface area (Å²) in [4.78, 5) is 22.6. The van der Waals surface area contributed by atoms with E-state index in [0.717, 1.165) is 0 Å². The molecule has 3 aromatic rings. The van der Waals surface area contributed by atoms with Gasteiger partial charge in [0, 0.05) is 17.3 Å². The molecule has 2 aromatic carbocycles. The van der Waals surface area contributed by atoms with Crippen LogP contribution in [0.5, 0.6) is 0 Å². The zero-order valence-corrected chi connectivity index (χ0v) is 14.4. The van der Waals surface area contributed by atoms with Gasteiger partial charge < -0.3 is 9.73 Å². The van der Waals surface area contributed by atoms with Gasteiger partial charge in [-0.1, -0.05) is 23.7 Å². The second-order valence-electron chi connectivity index (χ2n) is 5.87. The van der Waals surface area contributed by atoms with Crippen molar-refractivity contribution in [3.63, 3.8) is 0 Å². The van der Waals surface area contributed by atoms with Crippen LogP contribution in [0.15, 0.2) is 59.0 Å². The lowest BCUT2D eigenvalue weighted by Gasteiger charge is -2.31. The van der Waals surface area contributed by atoms with Gasteiger partial charge in [-0.05, 0) is 36.4 Å². The van der Waals surface area contributed by atoms with E-state index in [1.54, 1.807) is 36.4 Å². The average Bonchev–Trinajstić information content (AvgIpc) is 3.14. The summed E-state index contributed by atoms with van der Waals surface area (Å²) in [6.45, 7) is 0. The summed E-state index contributed by atoms with van der Waals surface area (Å²) >= 11 is 5.94. The van der Waals surface area contributed by atoms with Gasteiger partial charge in [0.25, 0.3) is 11.6 Å². The van der Waals surface area contributed by atoms with Crippen LogP contribution < -0.4 is 5.32 Å². The lowest BCUT2D eigenvalue weighted by Crippen LogP contribution is -2.40. The lowest BCUT2D eigenvalue weighted by atomic mass is 10.1. The molecule has 9 heteroatoms. The van der Waals surface area contributed by atoms with Crippen molar-refractivity contribution in [1.82, 2.24) is 5.06 Å². The van der Waals surface area contributed by atoms with E-state index in [4.69, 9.17) is 16.0 Å². The fourth-order valence-electron chi connectivity index (χ4n) is 2.90. The molecule has 0 saturated heterocycles. The molecular weight excluding hydrogens is 374 g/mol. The number of fused-ring (bicyclic) bond motifs is 1. The molecule has 0 spiro atoms. The number of nitro groups is 1. The number of nitrogens with zero attached hydrogens (tertiary/aromatic N) is 2. The Balaban J connectivity index is 1.66. The highest BCUT2D eigenvalue weighted by Gasteiger charge is 2.34. The molecule has 27 heavy (non-hydrogen) atoms. The van der Waals surface area contributed by atoms with Gasteiger partial charge in [-0.2, -0.15) is 5.06 Å². The average molecular weight is 386 g/mol. The van der Waals surface area contributed by atoms with Crippen molar-refractivity contribution in [2.45, 2.75) is 6.17 Å². The van der Waals surface area contributed by atoms with E-state index in [9.17, 15) is 20.1 Å². The second kappa shape index (κ2) is 6.42. The molecule has 4 rings (SSSR count). The molecule has 0 saturated carbocycles. The Morgan fingerprint density at radius 3 is 2.70 bits per heavy atom. The fourth-order valence-corrected chi connectivity index (χ4v) is 3.15. The van der Waals surface area contributed by atoms with Crippen molar-refractivity contribution in [2.24, 2.45) is 0 Å². The van der Waals surface area contributed by atoms with Crippen LogP contribution in [0, 0.1) is 10.1 Å². The summed E-state index contributed by atoms with van der Waals surface area (Å²) in [6, 6.07) is 14.3. The van der Waals surface area contributed by atoms with Crippen LogP contribution in [-0.4, -0.2) is 21.1 Å². The topological polar surface area (TPSA) is 109 Å². The van der Waals surface area contributed by atoms with Gasteiger partial charge in [-0.3, -0.25) is 20.1 Å². The SMILES string of the molecule is O=C1c2ccccc2N[C@@H](c2ccc(-c3ccc([N+](=O)[O-])c(Cl)c3)o2)N1O. The van der Waals surface area contributed by atoms with Gasteiger partial charge in [0.2, 0.25) is 0 Å². The number of nitrogens with one attached hydrogen (secondary N) is 1. The molecule has 0 fully saturated rings. The number of benzene rings is 2. The Hall–Kier alpha value is -3.36. The molecule has 1 aromatic heterocycles. The van der Waals surface area contributed by atoms with Gasteiger partial charge in [0.15, 0.2) is 6.17 Å². The van der Waals surface area contributed by atoms with Crippen LogP contribution in [0.4, 0.5) is 11.4 Å². The molecule has 136 valence electrons. The molecule has 0 aliphatic carbocycles. The molecule has 0 radical (unpaired) electrons. The Bertz CT molecular complexity index is 1060. The maximum atomic E-state index is 12.3. The van der Waals surface area contributed by atoms with Gasteiger partial charge in [0.1, 0.15) is 16.5 Å². The minimum absolute atomic E-state index is 0.0147. The molecule has 0 unspecified atom stereocenters. The third-order valence-electron chi connectivity index (χ3n) is 4.23. The number of para-hydroxylation sites is 1. The first-order chi connectivity index (χ1) is 13.0. The normalized spacial score (nSPS) is 16.0. The summed E-state index contributed by atoms with van der Waals surface area (Å²) in [5, 5.41) is 24.7. The summed E-state index contributed by atoms with van der Waals surface area (Å²) < 4.78 is 5.75. The Morgan fingerprint density at radius 1 is 1.19 bits per heavy atom. The number of rotatable bonds is 3. The molecule has 2 heterocycles. The van der Waals surface area contributed by atoms with Crippen LogP contribution in [0.3, 0.4) is 0 Å². The molecular formula is C18H12ClN3O5. The first-order valence-electron chi connectivity index (χ1n) is 7.88. The van der Waals surface area contributed by atoms with E-state index in [2.05, 4.69) is 5.32 Å². The number of nitro benzene ring substituents is 1. The van der Waals surface area contributed by atoms with Gasteiger partial charge in [0.05, 0.1) is 10.5 Å². The van der Waals surface area contributed by atoms with Crippen molar-refractivity contribution in [2.75, 3.05) is 5.32 Å². The molecule has 0 bridgehead atoms. The molecule has 2 N–H and O–H groups in total. The monoisotopic (exact) mass is 385 g/mol. The Labute approximate surface area is 157 Å². The number of hydrogen-bond donors (Lipinski definition) is 2. The first kappa shape index (κ1) is 17.1. The van der Waals surface area contributed by atoms with Crippen molar-refractivity contribution in [1.29, 1.82) is 0 Å². The highest BCUT2D eigenvalue weighted by atomic mass is 35.5. The minimum Gasteiger partial charge on any atom is -0.457 e. The predicted octanol–water partition coefficient (Wildman–Crippen LogP) is 4.46. The molecule has 1 amide bonds. The van der Waals surface area contributed by atoms with E-state index in [0.29, 0.717) is 33.4 Å². The largest absolute Gasteiger partial charge is 0.457 e. The van der Waals surface area contributed by atoms with Crippen molar-refractivity contribution in [3.05, 3.63) is 81.1 Å². The standard InChI is InChI=1S/C18H12ClN3O5/c19-12-9-10(5-6-14(12)22(25)26)15-7-8-16(27-15)17-20-13-4-2-1-3-11(13)18(23)21(17)24/h1-9,17,20,24H/t17-/m1/s1. The van der Waals surface area contributed by atoms with Crippen LogP contribution in [0.1, 0.15) is 22.3 Å². The fraction of sp³-hybridized carbons (Fsp3) is 0.0556. The molecule has 1 aliphatic heterocycles. The quantitative estimate of drug-likeness (QED) is 0.391. The predicted molar refractivity (Wildman–Crippen MR) is 96.6 cm³/mol. The maximum absolute atomic E-state index is 12.3. The summed E-state index contributed by atoms with van der Waals surface area (Å²) in [5.74, 6) is 0.138. The van der Waals surface area contributed by atoms with Crippen LogP contribution >= 0.6 is 11.6 Å². The number of hydroxylamine groups is 2. The molecule has 1 atom stereocenters. The Morgan fingerprint density at radius 2 is 1.96 bits per heavy atom. The highest BCUT2D eigenvalue weighted by molar-refractivity contribution is 6.32. The summed E-state index contributed by atoms with van der Waals surface area (Å²) in [5.41, 5.74) is 1.26. The van der Waals surface area contributed by atoms with Gasteiger partial charge in [-0.15, -0.1) is 0 Å². The molecule has 8 nitrogen and oxygen atoms in total. The first-order valence-corrected chi connectivity index (χ1v) is 8.25.